The smallest absolute Gasteiger partial charge is 0.290 e. The second kappa shape index (κ2) is 9.13. The third kappa shape index (κ3) is 4.83. The minimum Gasteiger partial charge on any atom is -0.351 e. The van der Waals surface area contributed by atoms with Crippen molar-refractivity contribution < 1.29 is 9.18 Å². The number of hydrogen-bond donors (Lipinski definition) is 2. The molecule has 0 spiro atoms. The maximum atomic E-state index is 13.0. The van der Waals surface area contributed by atoms with E-state index in [-0.39, 0.29) is 23.0 Å². The molecule has 4 aromatic rings. The minimum atomic E-state index is -0.353. The van der Waals surface area contributed by atoms with Gasteiger partial charge in [-0.2, -0.15) is 5.10 Å². The van der Waals surface area contributed by atoms with E-state index in [1.165, 1.54) is 34.0 Å². The summed E-state index contributed by atoms with van der Waals surface area (Å²) in [6, 6.07) is 15.6. The first-order valence-electron chi connectivity index (χ1n) is 9.75. The first-order valence-corrected chi connectivity index (χ1v) is 10.7. The maximum absolute atomic E-state index is 13.0. The summed E-state index contributed by atoms with van der Waals surface area (Å²) in [5.41, 5.74) is 3.58. The van der Waals surface area contributed by atoms with Crippen molar-refractivity contribution in [2.75, 3.05) is 5.75 Å². The van der Waals surface area contributed by atoms with Crippen LogP contribution < -0.4 is 10.9 Å². The Kier molecular flexibility index (Phi) is 6.13. The molecule has 0 saturated carbocycles. The molecule has 0 atom stereocenters. The molecule has 4 rings (SSSR count). The van der Waals surface area contributed by atoms with Crippen LogP contribution in [-0.2, 0) is 17.8 Å². The van der Waals surface area contributed by atoms with Crippen LogP contribution in [0.4, 0.5) is 4.39 Å². The zero-order valence-electron chi connectivity index (χ0n) is 16.8. The maximum Gasteiger partial charge on any atom is 0.290 e. The summed E-state index contributed by atoms with van der Waals surface area (Å²) in [7, 11) is 0. The first kappa shape index (κ1) is 20.8. The largest absolute Gasteiger partial charge is 0.351 e. The van der Waals surface area contributed by atoms with Gasteiger partial charge in [-0.25, -0.2) is 14.0 Å². The number of carbonyl (C=O) groups is 1. The number of benzene rings is 2. The number of nitrogens with zero attached hydrogens (tertiary/aromatic N) is 3. The fraction of sp³-hybridized carbons (Fsp3) is 0.182. The van der Waals surface area contributed by atoms with E-state index in [0.29, 0.717) is 22.9 Å². The van der Waals surface area contributed by atoms with E-state index in [2.05, 4.69) is 27.5 Å². The molecule has 0 saturated heterocycles. The molecule has 7 nitrogen and oxygen atoms in total. The highest BCUT2D eigenvalue weighted by atomic mass is 32.2. The number of thioether (sulfide) groups is 1. The molecule has 9 heteroatoms. The van der Waals surface area contributed by atoms with Crippen LogP contribution in [0.2, 0.25) is 0 Å². The van der Waals surface area contributed by atoms with Gasteiger partial charge in [-0.1, -0.05) is 55.1 Å². The van der Waals surface area contributed by atoms with E-state index in [0.717, 1.165) is 17.5 Å². The Morgan fingerprint density at radius 2 is 1.84 bits per heavy atom. The van der Waals surface area contributed by atoms with Crippen molar-refractivity contribution in [1.29, 1.82) is 0 Å². The number of H-pyrrole nitrogens is 1. The molecule has 158 valence electrons. The van der Waals surface area contributed by atoms with Gasteiger partial charge in [0.15, 0.2) is 0 Å². The summed E-state index contributed by atoms with van der Waals surface area (Å²) in [5, 5.41) is 14.2. The lowest BCUT2D eigenvalue weighted by molar-refractivity contribution is -0.118. The Bertz CT molecular complexity index is 1270. The molecule has 2 N–H and O–H groups in total. The fourth-order valence-corrected chi connectivity index (χ4v) is 3.76. The van der Waals surface area contributed by atoms with Crippen LogP contribution in [0.15, 0.2) is 64.5 Å². The molecule has 0 radical (unpaired) electrons. The van der Waals surface area contributed by atoms with Crippen LogP contribution in [0.5, 0.6) is 0 Å². The summed E-state index contributed by atoms with van der Waals surface area (Å²) in [6.45, 7) is 2.39. The number of carbonyl (C=O) groups excluding carboxylic acids is 1. The number of fused-ring (bicyclic) bond motifs is 1. The van der Waals surface area contributed by atoms with Crippen LogP contribution in [0.25, 0.3) is 16.8 Å². The number of aryl methyl sites for hydroxylation is 1. The van der Waals surface area contributed by atoms with Crippen molar-refractivity contribution in [3.63, 3.8) is 0 Å². The number of nitrogens with one attached hydrogen (secondary N) is 2. The van der Waals surface area contributed by atoms with E-state index in [1.807, 2.05) is 24.3 Å². The van der Waals surface area contributed by atoms with Gasteiger partial charge in [-0.3, -0.25) is 9.59 Å². The Morgan fingerprint density at radius 3 is 2.55 bits per heavy atom. The molecule has 0 fully saturated rings. The summed E-state index contributed by atoms with van der Waals surface area (Å²) >= 11 is 1.17. The fourth-order valence-electron chi connectivity index (χ4n) is 3.02. The SMILES string of the molecule is CCc1ccc(-c2cc3c(=O)[nH]nc(SCC(=O)NCc4ccc(F)cc4)n3n2)cc1. The number of amides is 1. The van der Waals surface area contributed by atoms with Crippen molar-refractivity contribution in [1.82, 2.24) is 25.1 Å². The number of rotatable bonds is 7. The molecule has 0 unspecified atom stereocenters. The molecule has 0 aliphatic heterocycles. The van der Waals surface area contributed by atoms with Crippen molar-refractivity contribution in [3.05, 3.63) is 81.9 Å². The van der Waals surface area contributed by atoms with Gasteiger partial charge in [0.05, 0.1) is 11.4 Å². The molecule has 0 aliphatic rings. The molecular formula is C22H20FN5O2S. The lowest BCUT2D eigenvalue weighted by Crippen LogP contribution is -2.25. The normalized spacial score (nSPS) is 11.0. The van der Waals surface area contributed by atoms with Gasteiger partial charge < -0.3 is 5.32 Å². The first-order chi connectivity index (χ1) is 15.0. The molecule has 31 heavy (non-hydrogen) atoms. The van der Waals surface area contributed by atoms with Gasteiger partial charge in [0.2, 0.25) is 11.1 Å². The van der Waals surface area contributed by atoms with Crippen LogP contribution in [0, 0.1) is 5.82 Å². The predicted octanol–water partition coefficient (Wildman–Crippen LogP) is 3.19. The molecular weight excluding hydrogens is 417 g/mol. The van der Waals surface area contributed by atoms with Gasteiger partial charge in [0, 0.05) is 12.1 Å². The van der Waals surface area contributed by atoms with E-state index in [1.54, 1.807) is 18.2 Å². The van der Waals surface area contributed by atoms with Gasteiger partial charge in [-0.15, -0.1) is 5.10 Å². The standard InChI is InChI=1S/C22H20FN5O2S/c1-2-14-3-7-16(8-4-14)18-11-19-21(30)25-26-22(28(19)27-18)31-13-20(29)24-12-15-5-9-17(23)10-6-15/h3-11H,2,12-13H2,1H3,(H,24,29)(H,25,30). The molecule has 0 aliphatic carbocycles. The highest BCUT2D eigenvalue weighted by Gasteiger charge is 2.14. The highest BCUT2D eigenvalue weighted by molar-refractivity contribution is 7.99. The van der Waals surface area contributed by atoms with Crippen LogP contribution >= 0.6 is 11.8 Å². The second-order valence-electron chi connectivity index (χ2n) is 6.90. The van der Waals surface area contributed by atoms with E-state index >= 15 is 0 Å². The molecule has 0 bridgehead atoms. The van der Waals surface area contributed by atoms with Crippen LogP contribution in [-0.4, -0.2) is 31.5 Å². The summed E-state index contributed by atoms with van der Waals surface area (Å²) < 4.78 is 14.4. The second-order valence-corrected chi connectivity index (χ2v) is 7.85. The van der Waals surface area contributed by atoms with E-state index in [4.69, 9.17) is 0 Å². The van der Waals surface area contributed by atoms with Crippen molar-refractivity contribution in [3.8, 4) is 11.3 Å². The molecule has 1 amide bonds. The number of hydrogen-bond acceptors (Lipinski definition) is 5. The number of aromatic nitrogens is 4. The summed E-state index contributed by atoms with van der Waals surface area (Å²) in [6.07, 6.45) is 0.943. The van der Waals surface area contributed by atoms with E-state index in [9.17, 15) is 14.0 Å². The topological polar surface area (TPSA) is 92.1 Å². The molecule has 2 heterocycles. The lowest BCUT2D eigenvalue weighted by atomic mass is 10.1. The number of aromatic amines is 1. The summed E-state index contributed by atoms with van der Waals surface area (Å²) in [5.74, 6) is -0.438. The van der Waals surface area contributed by atoms with Gasteiger partial charge >= 0.3 is 0 Å². The van der Waals surface area contributed by atoms with Gasteiger partial charge in [0.25, 0.3) is 5.56 Å². The highest BCUT2D eigenvalue weighted by Crippen LogP contribution is 2.22. The predicted molar refractivity (Wildman–Crippen MR) is 117 cm³/mol. The van der Waals surface area contributed by atoms with Gasteiger partial charge in [0.1, 0.15) is 11.3 Å². The Balaban J connectivity index is 1.47. The Morgan fingerprint density at radius 1 is 1.13 bits per heavy atom. The summed E-state index contributed by atoms with van der Waals surface area (Å²) in [4.78, 5) is 24.4. The lowest BCUT2D eigenvalue weighted by Gasteiger charge is -2.06. The van der Waals surface area contributed by atoms with Crippen LogP contribution in [0.1, 0.15) is 18.1 Å². The van der Waals surface area contributed by atoms with E-state index < -0.39 is 0 Å². The van der Waals surface area contributed by atoms with Crippen molar-refractivity contribution in [2.24, 2.45) is 0 Å². The zero-order chi connectivity index (χ0) is 21.8. The zero-order valence-corrected chi connectivity index (χ0v) is 17.6. The Labute approximate surface area is 181 Å². The molecule has 2 aromatic carbocycles. The Hall–Kier alpha value is -3.46. The molecule has 2 aromatic heterocycles. The average Bonchev–Trinajstić information content (AvgIpc) is 3.25. The van der Waals surface area contributed by atoms with Crippen LogP contribution in [0.3, 0.4) is 0 Å². The van der Waals surface area contributed by atoms with Crippen molar-refractivity contribution >= 4 is 23.2 Å². The number of halogens is 1. The third-order valence-corrected chi connectivity index (χ3v) is 5.70. The third-order valence-electron chi connectivity index (χ3n) is 4.77. The average molecular weight is 438 g/mol. The van der Waals surface area contributed by atoms with Crippen molar-refractivity contribution in [2.45, 2.75) is 25.0 Å². The monoisotopic (exact) mass is 437 g/mol. The quantitative estimate of drug-likeness (QED) is 0.433. The van der Waals surface area contributed by atoms with Gasteiger partial charge in [-0.05, 0) is 35.7 Å². The minimum absolute atomic E-state index is 0.0930.